The van der Waals surface area contributed by atoms with Crippen molar-refractivity contribution in [2.24, 2.45) is 0 Å². The molecule has 1 N–H and O–H groups in total. The first-order valence-electron chi connectivity index (χ1n) is 8.69. The molecule has 1 aliphatic rings. The van der Waals surface area contributed by atoms with Gasteiger partial charge < -0.3 is 14.3 Å². The lowest BCUT2D eigenvalue weighted by Gasteiger charge is -2.38. The lowest BCUT2D eigenvalue weighted by molar-refractivity contribution is -0.0361. The molecule has 5 nitrogen and oxygen atoms in total. The Balaban J connectivity index is 1.79. The molecule has 1 fully saturated rings. The summed E-state index contributed by atoms with van der Waals surface area (Å²) >= 11 is 0. The largest absolute Gasteiger partial charge is 0.497 e. The van der Waals surface area contributed by atoms with Crippen molar-refractivity contribution in [2.75, 3.05) is 20.2 Å². The number of oxazole rings is 1. The standard InChI is InChI=1S/C19H25FN2O3/c1-4-19(23)8-5-9-22(12-19)11-17-13(2)25-18(21-17)15-7-6-14(24-3)10-16(15)20/h6-7,10,23H,4-5,8-9,11-12H2,1-3H3/t19-/m1/s1. The van der Waals surface area contributed by atoms with Crippen LogP contribution in [-0.4, -0.2) is 40.8 Å². The van der Waals surface area contributed by atoms with Gasteiger partial charge in [-0.25, -0.2) is 9.37 Å². The SMILES string of the molecule is CC[C@@]1(O)CCCN(Cc2nc(-c3ccc(OC)cc3F)oc2C)C1. The summed E-state index contributed by atoms with van der Waals surface area (Å²) in [5.41, 5.74) is 0.477. The second-order valence-electron chi connectivity index (χ2n) is 6.76. The summed E-state index contributed by atoms with van der Waals surface area (Å²) in [6.45, 7) is 5.98. The topological polar surface area (TPSA) is 58.7 Å². The van der Waals surface area contributed by atoms with Crippen LogP contribution in [0.1, 0.15) is 37.6 Å². The average molecular weight is 348 g/mol. The highest BCUT2D eigenvalue weighted by Crippen LogP contribution is 2.29. The number of halogens is 1. The van der Waals surface area contributed by atoms with E-state index in [1.54, 1.807) is 12.1 Å². The maximum Gasteiger partial charge on any atom is 0.229 e. The Hall–Kier alpha value is -1.92. The third-order valence-electron chi connectivity index (χ3n) is 4.97. The highest BCUT2D eigenvalue weighted by atomic mass is 19.1. The molecule has 1 aliphatic heterocycles. The van der Waals surface area contributed by atoms with Gasteiger partial charge >= 0.3 is 0 Å². The van der Waals surface area contributed by atoms with Gasteiger partial charge in [0.25, 0.3) is 0 Å². The van der Waals surface area contributed by atoms with Crippen LogP contribution < -0.4 is 4.74 Å². The molecule has 1 aromatic carbocycles. The Kier molecular flexibility index (Phi) is 5.11. The van der Waals surface area contributed by atoms with E-state index in [4.69, 9.17) is 9.15 Å². The lowest BCUT2D eigenvalue weighted by Crippen LogP contribution is -2.47. The Morgan fingerprint density at radius 3 is 2.92 bits per heavy atom. The molecule has 1 atom stereocenters. The van der Waals surface area contributed by atoms with Crippen LogP contribution in [0, 0.1) is 12.7 Å². The highest BCUT2D eigenvalue weighted by Gasteiger charge is 2.32. The number of likely N-dealkylation sites (tertiary alicyclic amines) is 1. The molecule has 0 saturated carbocycles. The Labute approximate surface area is 147 Å². The van der Waals surface area contributed by atoms with Crippen molar-refractivity contribution in [3.63, 3.8) is 0 Å². The molecule has 6 heteroatoms. The quantitative estimate of drug-likeness (QED) is 0.896. The van der Waals surface area contributed by atoms with E-state index in [0.717, 1.165) is 31.5 Å². The number of benzene rings is 1. The van der Waals surface area contributed by atoms with E-state index in [-0.39, 0.29) is 5.89 Å². The van der Waals surface area contributed by atoms with Crippen molar-refractivity contribution in [3.05, 3.63) is 35.5 Å². The van der Waals surface area contributed by atoms with E-state index in [1.807, 2.05) is 13.8 Å². The zero-order valence-corrected chi connectivity index (χ0v) is 15.0. The molecule has 2 heterocycles. The van der Waals surface area contributed by atoms with Crippen LogP contribution in [0.15, 0.2) is 22.6 Å². The summed E-state index contributed by atoms with van der Waals surface area (Å²) in [6.07, 6.45) is 2.53. The molecule has 1 saturated heterocycles. The van der Waals surface area contributed by atoms with Crippen LogP contribution >= 0.6 is 0 Å². The molecular formula is C19H25FN2O3. The summed E-state index contributed by atoms with van der Waals surface area (Å²) in [5.74, 6) is 0.980. The number of aryl methyl sites for hydroxylation is 1. The number of methoxy groups -OCH3 is 1. The van der Waals surface area contributed by atoms with Crippen molar-refractivity contribution in [3.8, 4) is 17.2 Å². The van der Waals surface area contributed by atoms with Gasteiger partial charge in [0.05, 0.1) is 24.0 Å². The molecule has 0 bridgehead atoms. The smallest absolute Gasteiger partial charge is 0.229 e. The molecule has 0 aliphatic carbocycles. The van der Waals surface area contributed by atoms with Gasteiger partial charge in [-0.3, -0.25) is 4.90 Å². The fourth-order valence-corrected chi connectivity index (χ4v) is 3.33. The van der Waals surface area contributed by atoms with Gasteiger partial charge in [0.15, 0.2) is 0 Å². The molecule has 1 aromatic heterocycles. The highest BCUT2D eigenvalue weighted by molar-refractivity contribution is 5.56. The predicted octanol–water partition coefficient (Wildman–Crippen LogP) is 3.53. The maximum absolute atomic E-state index is 14.2. The van der Waals surface area contributed by atoms with E-state index in [9.17, 15) is 9.50 Å². The first kappa shape index (κ1) is 17.9. The molecule has 0 spiro atoms. The minimum Gasteiger partial charge on any atom is -0.497 e. The number of hydrogen-bond acceptors (Lipinski definition) is 5. The van der Waals surface area contributed by atoms with E-state index in [1.165, 1.54) is 13.2 Å². The molecular weight excluding hydrogens is 323 g/mol. The number of ether oxygens (including phenoxy) is 1. The molecule has 136 valence electrons. The van der Waals surface area contributed by atoms with Crippen LogP contribution in [0.2, 0.25) is 0 Å². The second-order valence-corrected chi connectivity index (χ2v) is 6.76. The predicted molar refractivity (Wildman–Crippen MR) is 92.9 cm³/mol. The Morgan fingerprint density at radius 2 is 2.24 bits per heavy atom. The minimum atomic E-state index is -0.624. The van der Waals surface area contributed by atoms with E-state index >= 15 is 0 Å². The Morgan fingerprint density at radius 1 is 1.44 bits per heavy atom. The average Bonchev–Trinajstić information content (AvgIpc) is 2.95. The molecule has 2 aromatic rings. The molecule has 0 radical (unpaired) electrons. The van der Waals surface area contributed by atoms with Gasteiger partial charge in [-0.05, 0) is 44.9 Å². The van der Waals surface area contributed by atoms with E-state index < -0.39 is 11.4 Å². The van der Waals surface area contributed by atoms with Crippen molar-refractivity contribution < 1.29 is 18.7 Å². The van der Waals surface area contributed by atoms with Gasteiger partial charge in [-0.2, -0.15) is 0 Å². The summed E-state index contributed by atoms with van der Waals surface area (Å²) in [6, 6.07) is 4.62. The zero-order chi connectivity index (χ0) is 18.0. The van der Waals surface area contributed by atoms with Gasteiger partial charge in [-0.1, -0.05) is 6.92 Å². The third kappa shape index (κ3) is 3.85. The number of aromatic nitrogens is 1. The Bertz CT molecular complexity index is 746. The van der Waals surface area contributed by atoms with Crippen LogP contribution in [0.4, 0.5) is 4.39 Å². The van der Waals surface area contributed by atoms with Crippen LogP contribution in [0.5, 0.6) is 5.75 Å². The summed E-state index contributed by atoms with van der Waals surface area (Å²) in [7, 11) is 1.50. The van der Waals surface area contributed by atoms with E-state index in [2.05, 4.69) is 9.88 Å². The van der Waals surface area contributed by atoms with Gasteiger partial charge in [0, 0.05) is 19.2 Å². The molecule has 0 unspecified atom stereocenters. The first-order valence-corrected chi connectivity index (χ1v) is 8.69. The van der Waals surface area contributed by atoms with Crippen LogP contribution in [0.25, 0.3) is 11.5 Å². The minimum absolute atomic E-state index is 0.274. The number of hydrogen-bond donors (Lipinski definition) is 1. The lowest BCUT2D eigenvalue weighted by atomic mass is 9.90. The number of nitrogens with zero attached hydrogens (tertiary/aromatic N) is 2. The van der Waals surface area contributed by atoms with Crippen molar-refractivity contribution >= 4 is 0 Å². The van der Waals surface area contributed by atoms with E-state index in [0.29, 0.717) is 30.2 Å². The normalized spacial score (nSPS) is 21.5. The number of β-amino-alcohol motifs (C(OH)–C–C–N with tert-alkyl or cyclic N) is 1. The van der Waals surface area contributed by atoms with Crippen molar-refractivity contribution in [1.82, 2.24) is 9.88 Å². The van der Waals surface area contributed by atoms with Gasteiger partial charge in [0.2, 0.25) is 5.89 Å². The van der Waals surface area contributed by atoms with Gasteiger partial charge in [-0.15, -0.1) is 0 Å². The third-order valence-corrected chi connectivity index (χ3v) is 4.97. The molecule has 0 amide bonds. The summed E-state index contributed by atoms with van der Waals surface area (Å²) < 4.78 is 25.0. The van der Waals surface area contributed by atoms with Crippen LogP contribution in [0.3, 0.4) is 0 Å². The number of piperidine rings is 1. The first-order chi connectivity index (χ1) is 11.9. The molecule has 3 rings (SSSR count). The van der Waals surface area contributed by atoms with Gasteiger partial charge in [0.1, 0.15) is 17.3 Å². The number of aliphatic hydroxyl groups is 1. The monoisotopic (exact) mass is 348 g/mol. The summed E-state index contributed by atoms with van der Waals surface area (Å²) in [4.78, 5) is 6.68. The van der Waals surface area contributed by atoms with Crippen molar-refractivity contribution in [1.29, 1.82) is 0 Å². The fraction of sp³-hybridized carbons (Fsp3) is 0.526. The van der Waals surface area contributed by atoms with Crippen molar-refractivity contribution in [2.45, 2.75) is 45.3 Å². The zero-order valence-electron chi connectivity index (χ0n) is 15.0. The number of rotatable bonds is 5. The second kappa shape index (κ2) is 7.14. The summed E-state index contributed by atoms with van der Waals surface area (Å²) in [5, 5.41) is 10.5. The fourth-order valence-electron chi connectivity index (χ4n) is 3.33. The maximum atomic E-state index is 14.2. The molecule has 25 heavy (non-hydrogen) atoms. The van der Waals surface area contributed by atoms with Crippen LogP contribution in [-0.2, 0) is 6.54 Å².